The van der Waals surface area contributed by atoms with Gasteiger partial charge in [-0.3, -0.25) is 0 Å². The highest BCUT2D eigenvalue weighted by Crippen LogP contribution is 2.11. The first kappa shape index (κ1) is 14.5. The van der Waals surface area contributed by atoms with E-state index in [1.807, 2.05) is 53.7 Å². The predicted octanol–water partition coefficient (Wildman–Crippen LogP) is 3.69. The van der Waals surface area contributed by atoms with Crippen LogP contribution in [0.3, 0.4) is 0 Å². The van der Waals surface area contributed by atoms with Crippen molar-refractivity contribution >= 4 is 11.0 Å². The molecular weight excluding hydrogens is 198 g/mol. The Bertz CT molecular complexity index is 424. The molecule has 0 fully saturated rings. The monoisotopic (exact) mass is 219 g/mol. The predicted molar refractivity (Wildman–Crippen MR) is 69.5 cm³/mol. The molecule has 0 aliphatic heterocycles. The zero-order valence-electron chi connectivity index (χ0n) is 11.1. The van der Waals surface area contributed by atoms with Crippen LogP contribution in [0.1, 0.15) is 39.2 Å². The molecule has 3 heteroatoms. The van der Waals surface area contributed by atoms with Gasteiger partial charge < -0.3 is 0 Å². The fourth-order valence-electron chi connectivity index (χ4n) is 1.25. The van der Waals surface area contributed by atoms with Gasteiger partial charge in [-0.05, 0) is 26.0 Å². The summed E-state index contributed by atoms with van der Waals surface area (Å²) < 4.78 is 0. The lowest BCUT2D eigenvalue weighted by molar-refractivity contribution is 1.03. The first-order valence-corrected chi connectivity index (χ1v) is 5.83. The number of hydrogen-bond donors (Lipinski definition) is 0. The summed E-state index contributed by atoms with van der Waals surface area (Å²) in [5.41, 5.74) is 1.77. The van der Waals surface area contributed by atoms with Crippen molar-refractivity contribution in [2.75, 3.05) is 0 Å². The van der Waals surface area contributed by atoms with E-state index < -0.39 is 0 Å². The lowest BCUT2D eigenvalue weighted by Crippen LogP contribution is -1.94. The second-order valence-electron chi connectivity index (χ2n) is 2.73. The van der Waals surface area contributed by atoms with Crippen molar-refractivity contribution in [3.63, 3.8) is 0 Å². The molecule has 2 heterocycles. The number of aryl methyl sites for hydroxylation is 2. The molecule has 0 amide bonds. The average molecular weight is 219 g/mol. The average Bonchev–Trinajstić information content (AvgIpc) is 2.34. The maximum Gasteiger partial charge on any atom is 0.163 e. The van der Waals surface area contributed by atoms with Crippen molar-refractivity contribution in [2.24, 2.45) is 0 Å². The van der Waals surface area contributed by atoms with E-state index in [0.29, 0.717) is 0 Å². The fraction of sp³-hybridized carbons (Fsp3) is 0.462. The summed E-state index contributed by atoms with van der Waals surface area (Å²) in [5.74, 6) is 0.777. The van der Waals surface area contributed by atoms with Crippen LogP contribution >= 0.6 is 0 Å². The van der Waals surface area contributed by atoms with Gasteiger partial charge in [-0.2, -0.15) is 0 Å². The summed E-state index contributed by atoms with van der Waals surface area (Å²) in [6.45, 7) is 11.8. The third-order valence-corrected chi connectivity index (χ3v) is 1.77. The number of pyridine rings is 1. The van der Waals surface area contributed by atoms with Crippen LogP contribution in [-0.4, -0.2) is 15.0 Å². The highest BCUT2D eigenvalue weighted by Gasteiger charge is 2.00. The molecule has 0 unspecified atom stereocenters. The van der Waals surface area contributed by atoms with Crippen LogP contribution in [0.25, 0.3) is 11.0 Å². The van der Waals surface area contributed by atoms with E-state index in [9.17, 15) is 0 Å². The van der Waals surface area contributed by atoms with E-state index in [1.54, 1.807) is 6.20 Å². The Kier molecular flexibility index (Phi) is 7.01. The van der Waals surface area contributed by atoms with Gasteiger partial charge in [-0.1, -0.05) is 27.7 Å². The number of fused-ring (bicyclic) bond motifs is 1. The summed E-state index contributed by atoms with van der Waals surface area (Å²) >= 11 is 0. The molecule has 0 N–H and O–H groups in total. The maximum absolute atomic E-state index is 4.25. The summed E-state index contributed by atoms with van der Waals surface area (Å²) in [6.07, 6.45) is 1.74. The van der Waals surface area contributed by atoms with Crippen molar-refractivity contribution in [1.82, 2.24) is 15.0 Å². The lowest BCUT2D eigenvalue weighted by atomic mass is 10.2. The second-order valence-corrected chi connectivity index (χ2v) is 2.73. The van der Waals surface area contributed by atoms with E-state index in [1.165, 1.54) is 0 Å². The number of aromatic nitrogens is 3. The number of nitrogens with zero attached hydrogens (tertiary/aromatic N) is 3. The third-order valence-electron chi connectivity index (χ3n) is 1.77. The van der Waals surface area contributed by atoms with Crippen molar-refractivity contribution in [2.45, 2.75) is 41.5 Å². The Labute approximate surface area is 98.0 Å². The third kappa shape index (κ3) is 3.57. The molecule has 0 saturated carbocycles. The van der Waals surface area contributed by atoms with Gasteiger partial charge in [0.05, 0.1) is 5.69 Å². The molecule has 2 rings (SSSR count). The van der Waals surface area contributed by atoms with E-state index in [-0.39, 0.29) is 0 Å². The molecule has 0 spiro atoms. The van der Waals surface area contributed by atoms with Crippen molar-refractivity contribution < 1.29 is 0 Å². The van der Waals surface area contributed by atoms with Gasteiger partial charge in [0.15, 0.2) is 5.65 Å². The first-order chi connectivity index (χ1) is 7.77. The van der Waals surface area contributed by atoms with Crippen LogP contribution in [0.4, 0.5) is 0 Å². The van der Waals surface area contributed by atoms with Crippen LogP contribution in [0.2, 0.25) is 0 Å². The van der Waals surface area contributed by atoms with Gasteiger partial charge in [-0.15, -0.1) is 0 Å². The first-order valence-electron chi connectivity index (χ1n) is 5.83. The summed E-state index contributed by atoms with van der Waals surface area (Å²) in [4.78, 5) is 12.6. The molecule has 0 aliphatic rings. The van der Waals surface area contributed by atoms with Crippen LogP contribution in [0, 0.1) is 13.8 Å². The van der Waals surface area contributed by atoms with E-state index in [2.05, 4.69) is 15.0 Å². The minimum atomic E-state index is 0.777. The Morgan fingerprint density at radius 1 is 0.938 bits per heavy atom. The quantitative estimate of drug-likeness (QED) is 0.678. The molecule has 0 radical (unpaired) electrons. The Morgan fingerprint density at radius 2 is 1.56 bits per heavy atom. The van der Waals surface area contributed by atoms with Crippen LogP contribution < -0.4 is 0 Å². The highest BCUT2D eigenvalue weighted by atomic mass is 14.9. The molecule has 3 nitrogen and oxygen atoms in total. The highest BCUT2D eigenvalue weighted by molar-refractivity contribution is 5.76. The minimum absolute atomic E-state index is 0.777. The van der Waals surface area contributed by atoms with Gasteiger partial charge in [0, 0.05) is 11.6 Å². The van der Waals surface area contributed by atoms with Crippen molar-refractivity contribution in [1.29, 1.82) is 0 Å². The minimum Gasteiger partial charge on any atom is -0.238 e. The number of hydrogen-bond acceptors (Lipinski definition) is 3. The van der Waals surface area contributed by atoms with Crippen molar-refractivity contribution in [3.05, 3.63) is 29.8 Å². The van der Waals surface area contributed by atoms with E-state index in [0.717, 1.165) is 22.6 Å². The number of rotatable bonds is 0. The van der Waals surface area contributed by atoms with Crippen LogP contribution in [0.5, 0.6) is 0 Å². The Hall–Kier alpha value is -1.51. The SMILES string of the molecule is CC.CC.Cc1nc(C)c2cccnc2n1. The second kappa shape index (κ2) is 7.74. The molecule has 2 aromatic heterocycles. The molecule has 16 heavy (non-hydrogen) atoms. The normalized spacial score (nSPS) is 8.62. The molecule has 0 saturated heterocycles. The van der Waals surface area contributed by atoms with Gasteiger partial charge in [-0.25, -0.2) is 15.0 Å². The smallest absolute Gasteiger partial charge is 0.163 e. The van der Waals surface area contributed by atoms with E-state index >= 15 is 0 Å². The van der Waals surface area contributed by atoms with Crippen molar-refractivity contribution in [3.8, 4) is 0 Å². The Balaban J connectivity index is 0.000000509. The Morgan fingerprint density at radius 3 is 2.19 bits per heavy atom. The molecule has 88 valence electrons. The maximum atomic E-state index is 4.25. The zero-order chi connectivity index (χ0) is 12.6. The lowest BCUT2D eigenvalue weighted by Gasteiger charge is -1.99. The molecule has 2 aromatic rings. The van der Waals surface area contributed by atoms with Gasteiger partial charge in [0.1, 0.15) is 5.82 Å². The van der Waals surface area contributed by atoms with Gasteiger partial charge in [0.25, 0.3) is 0 Å². The van der Waals surface area contributed by atoms with Crippen LogP contribution in [-0.2, 0) is 0 Å². The van der Waals surface area contributed by atoms with E-state index in [4.69, 9.17) is 0 Å². The summed E-state index contributed by atoms with van der Waals surface area (Å²) in [6, 6.07) is 3.88. The molecule has 0 bridgehead atoms. The summed E-state index contributed by atoms with van der Waals surface area (Å²) in [5, 5.41) is 1.03. The van der Waals surface area contributed by atoms with Crippen LogP contribution in [0.15, 0.2) is 18.3 Å². The molecule has 0 aromatic carbocycles. The summed E-state index contributed by atoms with van der Waals surface area (Å²) in [7, 11) is 0. The molecular formula is C13H21N3. The zero-order valence-corrected chi connectivity index (χ0v) is 11.1. The standard InChI is InChI=1S/C9H9N3.2C2H6/c1-6-8-4-3-5-10-9(8)12-7(2)11-6;2*1-2/h3-5H,1-2H3;2*1-2H3. The fourth-order valence-corrected chi connectivity index (χ4v) is 1.25. The largest absolute Gasteiger partial charge is 0.238 e. The molecule has 0 aliphatic carbocycles. The van der Waals surface area contributed by atoms with Gasteiger partial charge in [0.2, 0.25) is 0 Å². The van der Waals surface area contributed by atoms with Gasteiger partial charge >= 0.3 is 0 Å². The molecule has 0 atom stereocenters. The topological polar surface area (TPSA) is 38.7 Å².